The summed E-state index contributed by atoms with van der Waals surface area (Å²) < 4.78 is 5.83. The summed E-state index contributed by atoms with van der Waals surface area (Å²) in [6, 6.07) is 1.44. The van der Waals surface area contributed by atoms with Crippen LogP contribution in [0, 0.1) is 0 Å². The highest BCUT2D eigenvalue weighted by molar-refractivity contribution is 5.95. The molecule has 0 saturated carbocycles. The molecule has 0 spiro atoms. The van der Waals surface area contributed by atoms with E-state index in [1.54, 1.807) is 0 Å². The molecular formula is C25H42O5. The summed E-state index contributed by atoms with van der Waals surface area (Å²) in [6.45, 7) is 4.76. The van der Waals surface area contributed by atoms with E-state index in [0.717, 1.165) is 38.5 Å². The number of aromatic carboxylic acids is 1. The second-order valence-corrected chi connectivity index (χ2v) is 8.25. The summed E-state index contributed by atoms with van der Waals surface area (Å²) in [6.07, 6.45) is 17.2. The first-order chi connectivity index (χ1) is 14.5. The molecule has 0 aliphatic heterocycles. The van der Waals surface area contributed by atoms with E-state index in [1.807, 2.05) is 0 Å². The second-order valence-electron chi connectivity index (χ2n) is 8.25. The van der Waals surface area contributed by atoms with E-state index in [-0.39, 0.29) is 11.3 Å². The van der Waals surface area contributed by atoms with Crippen LogP contribution >= 0.6 is 0 Å². The van der Waals surface area contributed by atoms with Gasteiger partial charge in [-0.05, 0) is 30.9 Å². The maximum Gasteiger partial charge on any atom is 0.343 e. The lowest BCUT2D eigenvalue weighted by Gasteiger charge is -2.16. The van der Waals surface area contributed by atoms with Gasteiger partial charge in [0.05, 0.1) is 6.61 Å². The monoisotopic (exact) mass is 422 g/mol. The van der Waals surface area contributed by atoms with Crippen molar-refractivity contribution in [3.8, 4) is 17.2 Å². The predicted molar refractivity (Wildman–Crippen MR) is 122 cm³/mol. The van der Waals surface area contributed by atoms with Crippen molar-refractivity contribution in [2.45, 2.75) is 110 Å². The number of carboxylic acid groups (broad SMARTS) is 1. The average Bonchev–Trinajstić information content (AvgIpc) is 2.71. The van der Waals surface area contributed by atoms with Gasteiger partial charge in [0.25, 0.3) is 0 Å². The van der Waals surface area contributed by atoms with Crippen molar-refractivity contribution in [2.75, 3.05) is 6.61 Å². The van der Waals surface area contributed by atoms with E-state index in [4.69, 9.17) is 4.74 Å². The molecule has 0 heterocycles. The zero-order valence-corrected chi connectivity index (χ0v) is 19.0. The molecule has 0 radical (unpaired) electrons. The molecule has 3 N–H and O–H groups in total. The van der Waals surface area contributed by atoms with Gasteiger partial charge in [-0.2, -0.15) is 0 Å². The topological polar surface area (TPSA) is 87.0 Å². The van der Waals surface area contributed by atoms with E-state index < -0.39 is 17.5 Å². The van der Waals surface area contributed by atoms with Crippen LogP contribution in [-0.2, 0) is 6.42 Å². The summed E-state index contributed by atoms with van der Waals surface area (Å²) in [7, 11) is 0. The van der Waals surface area contributed by atoms with E-state index in [2.05, 4.69) is 13.8 Å². The number of unbranched alkanes of at least 4 members (excludes halogenated alkanes) is 12. The first-order valence-electron chi connectivity index (χ1n) is 12.0. The minimum absolute atomic E-state index is 0.209. The number of carboxylic acids is 1. The number of aryl methyl sites for hydroxylation is 1. The maximum atomic E-state index is 11.6. The molecule has 0 amide bonds. The third kappa shape index (κ3) is 9.73. The maximum absolute atomic E-state index is 11.6. The molecule has 0 aromatic heterocycles. The van der Waals surface area contributed by atoms with Gasteiger partial charge in [-0.3, -0.25) is 0 Å². The Bertz CT molecular complexity index is 612. The van der Waals surface area contributed by atoms with Gasteiger partial charge < -0.3 is 20.1 Å². The first kappa shape index (κ1) is 26.1. The number of ether oxygens (including phenoxy) is 1. The number of carbonyl (C=O) groups is 1. The van der Waals surface area contributed by atoms with Crippen LogP contribution in [0.4, 0.5) is 0 Å². The number of benzene rings is 1. The Balaban J connectivity index is 2.44. The number of rotatable bonds is 18. The van der Waals surface area contributed by atoms with Crippen LogP contribution in [-0.4, -0.2) is 27.9 Å². The molecule has 0 bridgehead atoms. The van der Waals surface area contributed by atoms with Gasteiger partial charge in [-0.25, -0.2) is 4.79 Å². The Kier molecular flexibility index (Phi) is 13.8. The zero-order valence-electron chi connectivity index (χ0n) is 19.0. The van der Waals surface area contributed by atoms with Crippen molar-refractivity contribution in [2.24, 2.45) is 0 Å². The van der Waals surface area contributed by atoms with Crippen LogP contribution in [0.25, 0.3) is 0 Å². The number of phenolic OH excluding ortho intramolecular Hbond substituents is 1. The van der Waals surface area contributed by atoms with Gasteiger partial charge in [0, 0.05) is 0 Å². The third-order valence-electron chi connectivity index (χ3n) is 5.57. The molecule has 0 saturated heterocycles. The first-order valence-corrected chi connectivity index (χ1v) is 12.0. The van der Waals surface area contributed by atoms with Crippen LogP contribution in [0.1, 0.15) is 120 Å². The highest BCUT2D eigenvalue weighted by Gasteiger charge is 2.24. The quantitative estimate of drug-likeness (QED) is 0.172. The van der Waals surface area contributed by atoms with Crippen molar-refractivity contribution in [3.05, 3.63) is 17.2 Å². The number of phenols is 2. The molecule has 172 valence electrons. The fourth-order valence-corrected chi connectivity index (χ4v) is 3.75. The Morgan fingerprint density at radius 1 is 0.800 bits per heavy atom. The summed E-state index contributed by atoms with van der Waals surface area (Å²) in [4.78, 5) is 11.6. The van der Waals surface area contributed by atoms with Gasteiger partial charge >= 0.3 is 5.97 Å². The molecule has 0 fully saturated rings. The zero-order chi connectivity index (χ0) is 22.2. The summed E-state index contributed by atoms with van der Waals surface area (Å²) >= 11 is 0. The fourth-order valence-electron chi connectivity index (χ4n) is 3.75. The van der Waals surface area contributed by atoms with Crippen LogP contribution in [0.3, 0.4) is 0 Å². The molecule has 5 nitrogen and oxygen atoms in total. The molecule has 5 heteroatoms. The van der Waals surface area contributed by atoms with Crippen molar-refractivity contribution < 1.29 is 24.9 Å². The van der Waals surface area contributed by atoms with Gasteiger partial charge in [0.2, 0.25) is 0 Å². The number of hydrogen-bond acceptors (Lipinski definition) is 4. The van der Waals surface area contributed by atoms with Gasteiger partial charge in [-0.15, -0.1) is 0 Å². The number of aromatic hydroxyl groups is 2. The van der Waals surface area contributed by atoms with E-state index >= 15 is 0 Å². The smallest absolute Gasteiger partial charge is 0.343 e. The SMILES string of the molecule is CCCCCCCCCCCCCOc1c(CCCCC)cc(O)c(O)c1C(=O)O. The molecule has 0 unspecified atom stereocenters. The van der Waals surface area contributed by atoms with Crippen molar-refractivity contribution in [1.82, 2.24) is 0 Å². The lowest BCUT2D eigenvalue weighted by atomic mass is 10.0. The molecule has 0 atom stereocenters. The van der Waals surface area contributed by atoms with Gasteiger partial charge in [0.1, 0.15) is 11.3 Å². The molecular weight excluding hydrogens is 380 g/mol. The second kappa shape index (κ2) is 15.9. The fraction of sp³-hybridized carbons (Fsp3) is 0.720. The standard InChI is InChI=1S/C25H42O5/c1-3-5-7-8-9-10-11-12-13-14-16-18-30-24-20(17-15-6-4-2)19-21(26)23(27)22(24)25(28)29/h19,26-27H,3-18H2,1-2H3,(H,28,29). The molecule has 1 aromatic rings. The minimum Gasteiger partial charge on any atom is -0.504 e. The van der Waals surface area contributed by atoms with E-state index in [1.165, 1.54) is 57.4 Å². The highest BCUT2D eigenvalue weighted by Crippen LogP contribution is 2.40. The molecule has 30 heavy (non-hydrogen) atoms. The summed E-state index contributed by atoms with van der Waals surface area (Å²) in [5.41, 5.74) is 0.323. The van der Waals surface area contributed by atoms with Crippen molar-refractivity contribution in [3.63, 3.8) is 0 Å². The van der Waals surface area contributed by atoms with Crippen LogP contribution in [0.5, 0.6) is 17.2 Å². The lowest BCUT2D eigenvalue weighted by Crippen LogP contribution is -2.08. The normalized spacial score (nSPS) is 11.0. The average molecular weight is 423 g/mol. The van der Waals surface area contributed by atoms with Crippen LogP contribution < -0.4 is 4.74 Å². The Hall–Kier alpha value is -1.91. The Morgan fingerprint density at radius 3 is 1.83 bits per heavy atom. The minimum atomic E-state index is -1.28. The van der Waals surface area contributed by atoms with Crippen molar-refractivity contribution in [1.29, 1.82) is 0 Å². The molecule has 0 aliphatic rings. The summed E-state index contributed by atoms with van der Waals surface area (Å²) in [5, 5.41) is 29.4. The van der Waals surface area contributed by atoms with Crippen LogP contribution in [0.2, 0.25) is 0 Å². The molecule has 1 rings (SSSR count). The van der Waals surface area contributed by atoms with Gasteiger partial charge in [-0.1, -0.05) is 90.9 Å². The van der Waals surface area contributed by atoms with Crippen LogP contribution in [0.15, 0.2) is 6.07 Å². The number of hydrogen-bond donors (Lipinski definition) is 3. The predicted octanol–water partition coefficient (Wildman–Crippen LogP) is 7.22. The molecule has 0 aliphatic carbocycles. The van der Waals surface area contributed by atoms with Gasteiger partial charge in [0.15, 0.2) is 11.5 Å². The highest BCUT2D eigenvalue weighted by atomic mass is 16.5. The lowest BCUT2D eigenvalue weighted by molar-refractivity contribution is 0.0687. The Morgan fingerprint density at radius 2 is 1.30 bits per heavy atom. The van der Waals surface area contributed by atoms with Crippen molar-refractivity contribution >= 4 is 5.97 Å². The van der Waals surface area contributed by atoms with E-state index in [9.17, 15) is 20.1 Å². The summed E-state index contributed by atoms with van der Waals surface area (Å²) in [5.74, 6) is -2.09. The Labute approximate surface area is 182 Å². The van der Waals surface area contributed by atoms with E-state index in [0.29, 0.717) is 18.6 Å². The third-order valence-corrected chi connectivity index (χ3v) is 5.57. The largest absolute Gasteiger partial charge is 0.504 e. The molecule has 1 aromatic carbocycles.